The van der Waals surface area contributed by atoms with E-state index in [2.05, 4.69) is 15.0 Å². The van der Waals surface area contributed by atoms with Crippen molar-refractivity contribution in [3.05, 3.63) is 66.2 Å². The van der Waals surface area contributed by atoms with Gasteiger partial charge in [-0.25, -0.2) is 17.7 Å². The second-order valence-corrected chi connectivity index (χ2v) is 11.3. The lowest BCUT2D eigenvalue weighted by Crippen LogP contribution is -2.44. The third-order valence-corrected chi connectivity index (χ3v) is 8.17. The largest absolute Gasteiger partial charge is 0.325 e. The Labute approximate surface area is 190 Å². The van der Waals surface area contributed by atoms with E-state index in [-0.39, 0.29) is 10.0 Å². The summed E-state index contributed by atoms with van der Waals surface area (Å²) in [4.78, 5) is 16.5. The summed E-state index contributed by atoms with van der Waals surface area (Å²) in [7, 11) is -4.98. The predicted octanol–water partition coefficient (Wildman–Crippen LogP) is 2.20. The Bertz CT molecular complexity index is 1260. The van der Waals surface area contributed by atoms with Crippen molar-refractivity contribution in [1.29, 1.82) is 0 Å². The van der Waals surface area contributed by atoms with E-state index in [0.717, 1.165) is 19.9 Å². The van der Waals surface area contributed by atoms with E-state index in [1.807, 2.05) is 0 Å². The van der Waals surface area contributed by atoms with E-state index in [9.17, 15) is 21.6 Å². The first kappa shape index (κ1) is 23.7. The van der Waals surface area contributed by atoms with Gasteiger partial charge in [-0.1, -0.05) is 18.2 Å². The van der Waals surface area contributed by atoms with Crippen molar-refractivity contribution in [1.82, 2.24) is 9.29 Å². The molecule has 2 N–H and O–H groups in total. The van der Waals surface area contributed by atoms with Gasteiger partial charge in [-0.3, -0.25) is 9.52 Å². The summed E-state index contributed by atoms with van der Waals surface area (Å²) in [6.45, 7) is -0.462. The first-order valence-corrected chi connectivity index (χ1v) is 12.9. The van der Waals surface area contributed by atoms with E-state index in [1.54, 1.807) is 35.7 Å². The number of para-hydroxylation sites is 1. The number of aromatic nitrogens is 1. The minimum absolute atomic E-state index is 0.00760. The topological polar surface area (TPSA) is 129 Å². The molecular weight excluding hydrogens is 474 g/mol. The Morgan fingerprint density at radius 3 is 2.22 bits per heavy atom. The van der Waals surface area contributed by atoms with Crippen LogP contribution < -0.4 is 14.3 Å². The molecule has 3 rings (SSSR count). The van der Waals surface area contributed by atoms with Gasteiger partial charge >= 0.3 is 10.2 Å². The Kier molecular flexibility index (Phi) is 7.13. The van der Waals surface area contributed by atoms with Crippen molar-refractivity contribution in [2.45, 2.75) is 4.90 Å². The van der Waals surface area contributed by atoms with Crippen LogP contribution in [0.25, 0.3) is 0 Å². The normalized spacial score (nSPS) is 11.8. The van der Waals surface area contributed by atoms with Crippen molar-refractivity contribution >= 4 is 54.0 Å². The van der Waals surface area contributed by atoms with Crippen LogP contribution in [0.3, 0.4) is 0 Å². The molecular formula is C19H21N5O5S3. The molecule has 1 aromatic heterocycles. The number of thiazole rings is 1. The fraction of sp³-hybridized carbons (Fsp3) is 0.158. The number of nitrogens with one attached hydrogen (secondary N) is 2. The van der Waals surface area contributed by atoms with Crippen LogP contribution in [0.2, 0.25) is 0 Å². The molecule has 0 aliphatic rings. The standard InChI is InChI=1S/C19H21N5O5S3/c1-23(2)32(28,29)24(16-6-4-3-5-7-16)14-18(25)21-15-8-10-17(11-9-15)31(26,27)22-19-20-12-13-30-19/h3-13H,14H2,1-2H3,(H,20,22)(H,21,25). The molecule has 0 aliphatic heterocycles. The van der Waals surface area contributed by atoms with E-state index in [4.69, 9.17) is 0 Å². The average Bonchev–Trinajstić information content (AvgIpc) is 3.25. The second kappa shape index (κ2) is 9.65. The van der Waals surface area contributed by atoms with Gasteiger partial charge in [0.15, 0.2) is 5.13 Å². The van der Waals surface area contributed by atoms with Gasteiger partial charge in [-0.2, -0.15) is 12.7 Å². The number of carbonyl (C=O) groups excluding carboxylic acids is 1. The first-order valence-electron chi connectivity index (χ1n) is 9.17. The highest BCUT2D eigenvalue weighted by atomic mass is 32.2. The van der Waals surface area contributed by atoms with E-state index < -0.39 is 32.7 Å². The molecule has 0 saturated heterocycles. The van der Waals surface area contributed by atoms with Gasteiger partial charge in [-0.05, 0) is 36.4 Å². The molecule has 170 valence electrons. The molecule has 0 aliphatic carbocycles. The summed E-state index contributed by atoms with van der Waals surface area (Å²) in [6, 6.07) is 13.8. The predicted molar refractivity (Wildman–Crippen MR) is 124 cm³/mol. The van der Waals surface area contributed by atoms with Gasteiger partial charge in [0, 0.05) is 31.4 Å². The highest BCUT2D eigenvalue weighted by molar-refractivity contribution is 7.93. The molecule has 0 spiro atoms. The number of anilines is 3. The van der Waals surface area contributed by atoms with Gasteiger partial charge in [0.1, 0.15) is 6.54 Å². The molecule has 3 aromatic rings. The quantitative estimate of drug-likeness (QED) is 0.468. The molecule has 2 aromatic carbocycles. The van der Waals surface area contributed by atoms with Crippen molar-refractivity contribution in [2.24, 2.45) is 0 Å². The molecule has 10 nitrogen and oxygen atoms in total. The molecule has 1 heterocycles. The third-order valence-electron chi connectivity index (χ3n) is 4.17. The molecule has 13 heteroatoms. The van der Waals surface area contributed by atoms with Crippen molar-refractivity contribution in [3.8, 4) is 0 Å². The van der Waals surface area contributed by atoms with Gasteiger partial charge in [0.25, 0.3) is 10.0 Å². The van der Waals surface area contributed by atoms with Crippen molar-refractivity contribution < 1.29 is 21.6 Å². The van der Waals surface area contributed by atoms with Gasteiger partial charge in [0.05, 0.1) is 10.6 Å². The summed E-state index contributed by atoms with van der Waals surface area (Å²) >= 11 is 1.15. The van der Waals surface area contributed by atoms with Crippen LogP contribution in [0.1, 0.15) is 0 Å². The summed E-state index contributed by atoms with van der Waals surface area (Å²) in [5.74, 6) is -0.587. The Hall–Kier alpha value is -3.00. The maximum Gasteiger partial charge on any atom is 0.304 e. The number of benzene rings is 2. The number of sulfonamides is 1. The minimum Gasteiger partial charge on any atom is -0.325 e. The zero-order chi connectivity index (χ0) is 23.4. The highest BCUT2D eigenvalue weighted by Crippen LogP contribution is 2.21. The minimum atomic E-state index is -3.92. The maximum atomic E-state index is 12.7. The molecule has 0 atom stereocenters. The summed E-state index contributed by atoms with van der Waals surface area (Å²) in [6.07, 6.45) is 1.48. The Morgan fingerprint density at radius 2 is 1.66 bits per heavy atom. The summed E-state index contributed by atoms with van der Waals surface area (Å²) in [5.41, 5.74) is 0.657. The molecule has 0 fully saturated rings. The van der Waals surface area contributed by atoms with E-state index in [0.29, 0.717) is 11.4 Å². The van der Waals surface area contributed by atoms with Crippen LogP contribution in [-0.4, -0.2) is 52.7 Å². The molecule has 0 radical (unpaired) electrons. The molecule has 1 amide bonds. The molecule has 0 unspecified atom stereocenters. The van der Waals surface area contributed by atoms with Crippen LogP contribution in [0.5, 0.6) is 0 Å². The second-order valence-electron chi connectivity index (χ2n) is 6.65. The lowest BCUT2D eigenvalue weighted by Gasteiger charge is -2.26. The van der Waals surface area contributed by atoms with Crippen LogP contribution >= 0.6 is 11.3 Å². The Balaban J connectivity index is 1.73. The first-order chi connectivity index (χ1) is 15.1. The SMILES string of the molecule is CN(C)S(=O)(=O)N(CC(=O)Nc1ccc(S(=O)(=O)Nc2nccs2)cc1)c1ccccc1. The lowest BCUT2D eigenvalue weighted by molar-refractivity contribution is -0.114. The average molecular weight is 496 g/mol. The lowest BCUT2D eigenvalue weighted by atomic mass is 10.3. The number of rotatable bonds is 9. The number of hydrogen-bond donors (Lipinski definition) is 2. The van der Waals surface area contributed by atoms with Crippen LogP contribution in [0.4, 0.5) is 16.5 Å². The third kappa shape index (κ3) is 5.62. The van der Waals surface area contributed by atoms with Crippen LogP contribution in [-0.2, 0) is 25.0 Å². The van der Waals surface area contributed by atoms with Gasteiger partial charge < -0.3 is 5.32 Å². The maximum absolute atomic E-state index is 12.7. The molecule has 32 heavy (non-hydrogen) atoms. The smallest absolute Gasteiger partial charge is 0.304 e. The zero-order valence-electron chi connectivity index (χ0n) is 17.2. The fourth-order valence-electron chi connectivity index (χ4n) is 2.59. The molecule has 0 bridgehead atoms. The van der Waals surface area contributed by atoms with Gasteiger partial charge in [0.2, 0.25) is 5.91 Å². The highest BCUT2D eigenvalue weighted by Gasteiger charge is 2.27. The number of nitrogens with zero attached hydrogens (tertiary/aromatic N) is 3. The molecule has 0 saturated carbocycles. The zero-order valence-corrected chi connectivity index (χ0v) is 19.6. The number of carbonyl (C=O) groups is 1. The van der Waals surface area contributed by atoms with Crippen molar-refractivity contribution in [3.63, 3.8) is 0 Å². The van der Waals surface area contributed by atoms with Crippen molar-refractivity contribution in [2.75, 3.05) is 35.0 Å². The summed E-state index contributed by atoms with van der Waals surface area (Å²) < 4.78 is 54.6. The van der Waals surface area contributed by atoms with Gasteiger partial charge in [-0.15, -0.1) is 11.3 Å². The fourth-order valence-corrected chi connectivity index (χ4v) is 5.45. The van der Waals surface area contributed by atoms with E-state index >= 15 is 0 Å². The Morgan fingerprint density at radius 1 is 1.00 bits per heavy atom. The van der Waals surface area contributed by atoms with Crippen LogP contribution in [0.15, 0.2) is 71.1 Å². The summed E-state index contributed by atoms with van der Waals surface area (Å²) in [5, 5.41) is 4.47. The van der Waals surface area contributed by atoms with E-state index in [1.165, 1.54) is 44.6 Å². The number of amides is 1. The monoisotopic (exact) mass is 495 g/mol. The van der Waals surface area contributed by atoms with Crippen LogP contribution in [0, 0.1) is 0 Å². The number of hydrogen-bond acceptors (Lipinski definition) is 7.